The molecule has 0 aliphatic heterocycles. The Kier molecular flexibility index (Phi) is 5.84. The maximum atomic E-state index is 14.6. The first-order valence-corrected chi connectivity index (χ1v) is 8.59. The lowest BCUT2D eigenvalue weighted by Crippen LogP contribution is -2.26. The van der Waals surface area contributed by atoms with E-state index in [4.69, 9.17) is 4.74 Å². The molecular weight excluding hydrogens is 341 g/mol. The van der Waals surface area contributed by atoms with Gasteiger partial charge in [-0.05, 0) is 40.2 Å². The molecule has 2 rings (SSSR count). The van der Waals surface area contributed by atoms with E-state index in [0.717, 1.165) is 17.2 Å². The summed E-state index contributed by atoms with van der Waals surface area (Å²) in [6.45, 7) is 9.09. The number of benzene rings is 1. The van der Waals surface area contributed by atoms with Crippen molar-refractivity contribution >= 4 is 5.97 Å². The monoisotopic (exact) mass is 365 g/mol. The van der Waals surface area contributed by atoms with E-state index in [0.29, 0.717) is 12.2 Å². The topological polar surface area (TPSA) is 86.4 Å². The number of hydrogen-bond donors (Lipinski definition) is 1. The third kappa shape index (κ3) is 3.79. The Morgan fingerprint density at radius 1 is 1.35 bits per heavy atom. The summed E-state index contributed by atoms with van der Waals surface area (Å²) in [4.78, 5) is 24.0. The maximum Gasteiger partial charge on any atom is 0.351 e. The van der Waals surface area contributed by atoms with Crippen LogP contribution in [0, 0.1) is 12.7 Å². The number of nitrogens with zero attached hydrogens (tertiary/aromatic N) is 3. The van der Waals surface area contributed by atoms with Crippen LogP contribution in [0.15, 0.2) is 16.9 Å². The number of carbonyl (C=O) groups is 1. The quantitative estimate of drug-likeness (QED) is 0.813. The van der Waals surface area contributed by atoms with Crippen molar-refractivity contribution in [2.75, 3.05) is 0 Å². The number of hydrogen-bond acceptors (Lipinski definition) is 4. The molecule has 0 amide bonds. The van der Waals surface area contributed by atoms with Crippen molar-refractivity contribution in [1.29, 1.82) is 0 Å². The normalized spacial score (nSPS) is 12.4. The third-order valence-corrected chi connectivity index (χ3v) is 4.03. The van der Waals surface area contributed by atoms with Gasteiger partial charge >= 0.3 is 11.7 Å². The van der Waals surface area contributed by atoms with Crippen molar-refractivity contribution in [2.45, 2.75) is 59.6 Å². The molecule has 7 nitrogen and oxygen atoms in total. The molecule has 1 heterocycles. The van der Waals surface area contributed by atoms with Crippen LogP contribution in [0.25, 0.3) is 5.69 Å². The molecule has 142 valence electrons. The highest BCUT2D eigenvalue weighted by Crippen LogP contribution is 2.27. The van der Waals surface area contributed by atoms with Gasteiger partial charge in [0.25, 0.3) is 0 Å². The molecular formula is C18H24FN3O4. The Balaban J connectivity index is 2.62. The van der Waals surface area contributed by atoms with Crippen molar-refractivity contribution < 1.29 is 19.0 Å². The van der Waals surface area contributed by atoms with Gasteiger partial charge < -0.3 is 9.84 Å². The summed E-state index contributed by atoms with van der Waals surface area (Å²) in [6.07, 6.45) is 1.32. The average molecular weight is 365 g/mol. The smallest absolute Gasteiger partial charge is 0.351 e. The first kappa shape index (κ1) is 19.7. The van der Waals surface area contributed by atoms with Gasteiger partial charge in [0, 0.05) is 12.1 Å². The van der Waals surface area contributed by atoms with Gasteiger partial charge in [0.2, 0.25) is 0 Å². The summed E-state index contributed by atoms with van der Waals surface area (Å²) < 4.78 is 22.6. The van der Waals surface area contributed by atoms with E-state index in [-0.39, 0.29) is 29.1 Å². The molecule has 0 saturated heterocycles. The molecule has 8 heteroatoms. The average Bonchev–Trinajstić information content (AvgIpc) is 2.83. The van der Waals surface area contributed by atoms with Crippen LogP contribution in [-0.4, -0.2) is 31.5 Å². The molecule has 0 bridgehead atoms. The van der Waals surface area contributed by atoms with E-state index in [1.165, 1.54) is 10.6 Å². The summed E-state index contributed by atoms with van der Waals surface area (Å²) in [5, 5.41) is 13.5. The number of aryl methyl sites for hydroxylation is 1. The maximum absolute atomic E-state index is 14.6. The Hall–Kier alpha value is -2.64. The van der Waals surface area contributed by atoms with E-state index in [2.05, 4.69) is 5.10 Å². The van der Waals surface area contributed by atoms with Crippen molar-refractivity contribution in [3.8, 4) is 11.4 Å². The van der Waals surface area contributed by atoms with E-state index in [1.807, 2.05) is 27.7 Å². The predicted octanol–water partition coefficient (Wildman–Crippen LogP) is 3.33. The predicted molar refractivity (Wildman–Crippen MR) is 94.9 cm³/mol. The lowest BCUT2D eigenvalue weighted by molar-refractivity contribution is 0.0689. The van der Waals surface area contributed by atoms with Crippen LogP contribution in [0.5, 0.6) is 5.75 Å². The second-order valence-electron chi connectivity index (χ2n) is 6.53. The SMILES string of the molecule is CCCC(C)Oc1cc(-n2nc(C)n(C(C)C)c2=O)c(F)cc1C(=O)O. The van der Waals surface area contributed by atoms with Crippen LogP contribution in [0.1, 0.15) is 62.8 Å². The molecule has 0 fully saturated rings. The van der Waals surface area contributed by atoms with Crippen molar-refractivity contribution in [3.63, 3.8) is 0 Å². The number of carboxylic acid groups (broad SMARTS) is 1. The van der Waals surface area contributed by atoms with Crippen LogP contribution in [0.3, 0.4) is 0 Å². The zero-order valence-corrected chi connectivity index (χ0v) is 15.6. The van der Waals surface area contributed by atoms with Gasteiger partial charge in [-0.3, -0.25) is 4.57 Å². The van der Waals surface area contributed by atoms with Crippen LogP contribution in [0.4, 0.5) is 4.39 Å². The highest BCUT2D eigenvalue weighted by molar-refractivity contribution is 5.91. The molecule has 1 unspecified atom stereocenters. The van der Waals surface area contributed by atoms with Crippen LogP contribution in [-0.2, 0) is 0 Å². The Morgan fingerprint density at radius 3 is 2.50 bits per heavy atom. The van der Waals surface area contributed by atoms with Gasteiger partial charge in [-0.15, -0.1) is 0 Å². The zero-order chi connectivity index (χ0) is 19.6. The second kappa shape index (κ2) is 7.72. The molecule has 0 aliphatic rings. The molecule has 0 spiro atoms. The number of ether oxygens (including phenoxy) is 1. The molecule has 2 aromatic rings. The molecule has 1 N–H and O–H groups in total. The minimum absolute atomic E-state index is 0.0125. The van der Waals surface area contributed by atoms with Gasteiger partial charge in [0.05, 0.1) is 6.10 Å². The lowest BCUT2D eigenvalue weighted by Gasteiger charge is -2.17. The summed E-state index contributed by atoms with van der Waals surface area (Å²) in [5.41, 5.74) is -0.921. The van der Waals surface area contributed by atoms with Crippen LogP contribution >= 0.6 is 0 Å². The van der Waals surface area contributed by atoms with Gasteiger partial charge in [0.1, 0.15) is 28.6 Å². The molecule has 0 saturated carbocycles. The molecule has 0 aliphatic carbocycles. The third-order valence-electron chi connectivity index (χ3n) is 4.03. The van der Waals surface area contributed by atoms with Crippen LogP contribution in [0.2, 0.25) is 0 Å². The summed E-state index contributed by atoms with van der Waals surface area (Å²) in [7, 11) is 0. The van der Waals surface area contributed by atoms with Crippen molar-refractivity contribution in [2.24, 2.45) is 0 Å². The molecule has 0 radical (unpaired) electrons. The Labute approximate surface area is 151 Å². The first-order chi connectivity index (χ1) is 12.2. The number of aromatic nitrogens is 3. The Morgan fingerprint density at radius 2 is 2.00 bits per heavy atom. The zero-order valence-electron chi connectivity index (χ0n) is 15.6. The molecule has 1 aromatic carbocycles. The van der Waals surface area contributed by atoms with Crippen LogP contribution < -0.4 is 10.4 Å². The molecule has 1 aromatic heterocycles. The summed E-state index contributed by atoms with van der Waals surface area (Å²) in [6, 6.07) is 1.95. The first-order valence-electron chi connectivity index (χ1n) is 8.59. The van der Waals surface area contributed by atoms with Gasteiger partial charge in [-0.25, -0.2) is 14.0 Å². The van der Waals surface area contributed by atoms with E-state index < -0.39 is 17.5 Å². The molecule has 26 heavy (non-hydrogen) atoms. The largest absolute Gasteiger partial charge is 0.490 e. The highest BCUT2D eigenvalue weighted by Gasteiger charge is 2.22. The van der Waals surface area contributed by atoms with Gasteiger partial charge in [0.15, 0.2) is 0 Å². The van der Waals surface area contributed by atoms with E-state index >= 15 is 0 Å². The fraction of sp³-hybridized carbons (Fsp3) is 0.500. The number of halogens is 1. The minimum atomic E-state index is -1.30. The number of aromatic carboxylic acids is 1. The Bertz CT molecular complexity index is 870. The fourth-order valence-corrected chi connectivity index (χ4v) is 2.88. The van der Waals surface area contributed by atoms with E-state index in [9.17, 15) is 19.1 Å². The fourth-order valence-electron chi connectivity index (χ4n) is 2.88. The van der Waals surface area contributed by atoms with Crippen molar-refractivity contribution in [1.82, 2.24) is 14.3 Å². The lowest BCUT2D eigenvalue weighted by atomic mass is 10.1. The number of rotatable bonds is 7. The standard InChI is InChI=1S/C18H24FN3O4/c1-6-7-11(4)26-16-9-15(14(19)8-13(16)17(23)24)22-18(25)21(10(2)3)12(5)20-22/h8-11H,6-7H2,1-5H3,(H,23,24). The van der Waals surface area contributed by atoms with Gasteiger partial charge in [-0.2, -0.15) is 9.78 Å². The summed E-state index contributed by atoms with van der Waals surface area (Å²) >= 11 is 0. The highest BCUT2D eigenvalue weighted by atomic mass is 19.1. The van der Waals surface area contributed by atoms with Gasteiger partial charge in [-0.1, -0.05) is 13.3 Å². The van der Waals surface area contributed by atoms with Crippen molar-refractivity contribution in [3.05, 3.63) is 39.8 Å². The minimum Gasteiger partial charge on any atom is -0.490 e. The second-order valence-corrected chi connectivity index (χ2v) is 6.53. The number of carboxylic acids is 1. The summed E-state index contributed by atoms with van der Waals surface area (Å²) in [5.74, 6) is -1.70. The molecule has 1 atom stereocenters. The van der Waals surface area contributed by atoms with E-state index in [1.54, 1.807) is 6.92 Å².